The van der Waals surface area contributed by atoms with Crippen LogP contribution < -0.4 is 5.73 Å². The average molecular weight is 275 g/mol. The van der Waals surface area contributed by atoms with Crippen molar-refractivity contribution >= 4 is 0 Å². The lowest BCUT2D eigenvalue weighted by Gasteiger charge is -2.26. The lowest BCUT2D eigenvalue weighted by molar-refractivity contribution is -0.226. The summed E-state index contributed by atoms with van der Waals surface area (Å²) in [5.41, 5.74) is 7.87. The van der Waals surface area contributed by atoms with Gasteiger partial charge in [0.2, 0.25) is 0 Å². The first-order valence-electron chi connectivity index (χ1n) is 6.32. The fourth-order valence-electron chi connectivity index (χ4n) is 1.73. The van der Waals surface area contributed by atoms with Crippen LogP contribution in [0.2, 0.25) is 0 Å². The minimum absolute atomic E-state index is 0.573. The molecular weight excluding hydrogens is 255 g/mol. The van der Waals surface area contributed by atoms with Gasteiger partial charge in [-0.25, -0.2) is 0 Å². The molecule has 0 amide bonds. The maximum atomic E-state index is 12.4. The quantitative estimate of drug-likeness (QED) is 0.891. The summed E-state index contributed by atoms with van der Waals surface area (Å²) in [6, 6.07) is 6.95. The number of hydrogen-bond donors (Lipinski definition) is 1. The lowest BCUT2D eigenvalue weighted by Crippen LogP contribution is -2.36. The summed E-state index contributed by atoms with van der Waals surface area (Å²) in [5.74, 6) is 0. The highest BCUT2D eigenvalue weighted by Crippen LogP contribution is 2.26. The Morgan fingerprint density at radius 3 is 2.11 bits per heavy atom. The molecule has 0 spiro atoms. The molecule has 2 nitrogen and oxygen atoms in total. The highest BCUT2D eigenvalue weighted by atomic mass is 19.4. The summed E-state index contributed by atoms with van der Waals surface area (Å²) in [7, 11) is 0. The molecule has 0 aromatic heterocycles. The zero-order valence-corrected chi connectivity index (χ0v) is 11.4. The van der Waals surface area contributed by atoms with E-state index in [1.54, 1.807) is 6.92 Å². The molecule has 0 aliphatic rings. The predicted molar refractivity (Wildman–Crippen MR) is 68.8 cm³/mol. The number of ether oxygens (including phenoxy) is 1. The summed E-state index contributed by atoms with van der Waals surface area (Å²) in [6.07, 6.45) is -5.97. The Morgan fingerprint density at radius 1 is 1.16 bits per heavy atom. The number of rotatable bonds is 5. The van der Waals surface area contributed by atoms with Crippen molar-refractivity contribution < 1.29 is 17.9 Å². The van der Waals surface area contributed by atoms with Crippen molar-refractivity contribution in [1.29, 1.82) is 0 Å². The van der Waals surface area contributed by atoms with E-state index in [1.165, 1.54) is 0 Å². The Bertz CT molecular complexity index is 389. The molecule has 0 fully saturated rings. The normalized spacial score (nSPS) is 17.0. The fraction of sp³-hybridized carbons (Fsp3) is 0.571. The molecule has 1 rings (SSSR count). The summed E-state index contributed by atoms with van der Waals surface area (Å²) in [5, 5.41) is 0. The molecule has 3 unspecified atom stereocenters. The highest BCUT2D eigenvalue weighted by molar-refractivity contribution is 5.25. The smallest absolute Gasteiger partial charge is 0.364 e. The maximum Gasteiger partial charge on any atom is 0.414 e. The van der Waals surface area contributed by atoms with Crippen molar-refractivity contribution in [3.05, 3.63) is 35.4 Å². The van der Waals surface area contributed by atoms with Gasteiger partial charge in [0.1, 0.15) is 0 Å². The largest absolute Gasteiger partial charge is 0.414 e. The highest BCUT2D eigenvalue weighted by Gasteiger charge is 2.38. The molecule has 2 N–H and O–H groups in total. The van der Waals surface area contributed by atoms with E-state index in [1.807, 2.05) is 31.2 Å². The molecule has 1 aromatic rings. The molecule has 0 heterocycles. The fourth-order valence-corrected chi connectivity index (χ4v) is 1.73. The second kappa shape index (κ2) is 6.39. The van der Waals surface area contributed by atoms with Crippen molar-refractivity contribution in [1.82, 2.24) is 0 Å². The molecule has 0 saturated carbocycles. The summed E-state index contributed by atoms with van der Waals surface area (Å²) in [6.45, 7) is 4.58. The number of hydrogen-bond acceptors (Lipinski definition) is 2. The summed E-state index contributed by atoms with van der Waals surface area (Å²) >= 11 is 0. The monoisotopic (exact) mass is 275 g/mol. The van der Waals surface area contributed by atoms with Crippen LogP contribution in [0.25, 0.3) is 0 Å². The van der Waals surface area contributed by atoms with Gasteiger partial charge in [-0.1, -0.05) is 31.2 Å². The number of aryl methyl sites for hydroxylation is 1. The number of halogens is 3. The second-order valence-corrected chi connectivity index (χ2v) is 4.65. The molecule has 0 saturated heterocycles. The van der Waals surface area contributed by atoms with Crippen LogP contribution in [-0.4, -0.2) is 18.4 Å². The van der Waals surface area contributed by atoms with Crippen molar-refractivity contribution in [2.45, 2.75) is 51.6 Å². The third kappa shape index (κ3) is 4.51. The van der Waals surface area contributed by atoms with Crippen molar-refractivity contribution in [2.75, 3.05) is 0 Å². The van der Waals surface area contributed by atoms with Gasteiger partial charge in [0.15, 0.2) is 6.10 Å². The van der Waals surface area contributed by atoms with Gasteiger partial charge >= 0.3 is 6.18 Å². The van der Waals surface area contributed by atoms with Crippen molar-refractivity contribution in [3.63, 3.8) is 0 Å². The average Bonchev–Trinajstić information content (AvgIpc) is 2.36. The van der Waals surface area contributed by atoms with Crippen LogP contribution in [0.15, 0.2) is 24.3 Å². The SMILES string of the molecule is CCc1ccc(C(N)C(C)OC(C)C(F)(F)F)cc1. The number of benzene rings is 1. The zero-order chi connectivity index (χ0) is 14.6. The van der Waals surface area contributed by atoms with Crippen LogP contribution in [0.1, 0.15) is 37.9 Å². The van der Waals surface area contributed by atoms with Crippen LogP contribution in [-0.2, 0) is 11.2 Å². The van der Waals surface area contributed by atoms with Crippen LogP contribution >= 0.6 is 0 Å². The summed E-state index contributed by atoms with van der Waals surface area (Å²) < 4.78 is 42.2. The van der Waals surface area contributed by atoms with Crippen LogP contribution in [0, 0.1) is 0 Å². The van der Waals surface area contributed by atoms with Gasteiger partial charge in [0.25, 0.3) is 0 Å². The minimum Gasteiger partial charge on any atom is -0.364 e. The van der Waals surface area contributed by atoms with E-state index in [0.717, 1.165) is 24.5 Å². The molecule has 5 heteroatoms. The molecule has 3 atom stereocenters. The molecule has 0 aliphatic heterocycles. The Hall–Kier alpha value is -1.07. The predicted octanol–water partition coefficient (Wildman–Crippen LogP) is 3.60. The third-order valence-electron chi connectivity index (χ3n) is 3.16. The van der Waals surface area contributed by atoms with E-state index in [0.29, 0.717) is 0 Å². The molecular formula is C14H20F3NO. The van der Waals surface area contributed by atoms with Crippen LogP contribution in [0.4, 0.5) is 13.2 Å². The zero-order valence-electron chi connectivity index (χ0n) is 11.4. The van der Waals surface area contributed by atoms with Gasteiger partial charge in [-0.15, -0.1) is 0 Å². The first-order chi connectivity index (χ1) is 8.75. The van der Waals surface area contributed by atoms with E-state index < -0.39 is 24.4 Å². The molecule has 0 bridgehead atoms. The Kier molecular flexibility index (Phi) is 5.38. The van der Waals surface area contributed by atoms with Crippen molar-refractivity contribution in [3.8, 4) is 0 Å². The van der Waals surface area contributed by atoms with Crippen LogP contribution in [0.5, 0.6) is 0 Å². The molecule has 0 aliphatic carbocycles. The Morgan fingerprint density at radius 2 is 1.68 bits per heavy atom. The third-order valence-corrected chi connectivity index (χ3v) is 3.16. The minimum atomic E-state index is -4.36. The first-order valence-corrected chi connectivity index (χ1v) is 6.32. The second-order valence-electron chi connectivity index (χ2n) is 4.65. The molecule has 108 valence electrons. The van der Waals surface area contributed by atoms with Gasteiger partial charge in [0, 0.05) is 0 Å². The molecule has 19 heavy (non-hydrogen) atoms. The van der Waals surface area contributed by atoms with Gasteiger partial charge in [-0.2, -0.15) is 13.2 Å². The number of alkyl halides is 3. The van der Waals surface area contributed by atoms with Crippen molar-refractivity contribution in [2.24, 2.45) is 5.73 Å². The number of nitrogens with two attached hydrogens (primary N) is 1. The molecule has 0 radical (unpaired) electrons. The van der Waals surface area contributed by atoms with Gasteiger partial charge in [-0.3, -0.25) is 0 Å². The van der Waals surface area contributed by atoms with E-state index >= 15 is 0 Å². The van der Waals surface area contributed by atoms with E-state index in [9.17, 15) is 13.2 Å². The topological polar surface area (TPSA) is 35.2 Å². The first kappa shape index (κ1) is 16.0. The maximum absolute atomic E-state index is 12.4. The van der Waals surface area contributed by atoms with Crippen LogP contribution in [0.3, 0.4) is 0 Å². The van der Waals surface area contributed by atoms with Gasteiger partial charge in [0.05, 0.1) is 12.1 Å². The standard InChI is InChI=1S/C14H20F3NO/c1-4-11-5-7-12(8-6-11)13(18)9(2)19-10(3)14(15,16)17/h5-10,13H,4,18H2,1-3H3. The van der Waals surface area contributed by atoms with E-state index in [-0.39, 0.29) is 0 Å². The van der Waals surface area contributed by atoms with Gasteiger partial charge < -0.3 is 10.5 Å². The molecule has 1 aromatic carbocycles. The Balaban J connectivity index is 2.68. The lowest BCUT2D eigenvalue weighted by atomic mass is 10.0. The Labute approximate surface area is 111 Å². The van der Waals surface area contributed by atoms with E-state index in [2.05, 4.69) is 0 Å². The summed E-state index contributed by atoms with van der Waals surface area (Å²) in [4.78, 5) is 0. The van der Waals surface area contributed by atoms with E-state index in [4.69, 9.17) is 10.5 Å². The van der Waals surface area contributed by atoms with Gasteiger partial charge in [-0.05, 0) is 31.4 Å².